The van der Waals surface area contributed by atoms with Crippen LogP contribution in [0.25, 0.3) is 0 Å². The van der Waals surface area contributed by atoms with Crippen molar-refractivity contribution in [2.24, 2.45) is 11.8 Å². The van der Waals surface area contributed by atoms with E-state index in [1.807, 2.05) is 0 Å². The largest absolute Gasteiger partial charge is 0.381 e. The molecule has 0 radical (unpaired) electrons. The molecule has 1 heterocycles. The molecular weight excluding hydrogens is 140 g/mol. The number of nitrogens with one attached hydrogen (secondary N) is 1. The van der Waals surface area contributed by atoms with Gasteiger partial charge in [0.1, 0.15) is 0 Å². The third-order valence-corrected chi connectivity index (χ3v) is 2.31. The second-order valence-corrected chi connectivity index (χ2v) is 3.36. The highest BCUT2D eigenvalue weighted by molar-refractivity contribution is 4.68. The molecule has 1 fully saturated rings. The van der Waals surface area contributed by atoms with E-state index >= 15 is 0 Å². The Bertz CT molecular complexity index is 102. The smallest absolute Gasteiger partial charge is 0.0468 e. The molecule has 3 N–H and O–H groups in total. The van der Waals surface area contributed by atoms with Gasteiger partial charge in [-0.25, -0.2) is 0 Å². The lowest BCUT2D eigenvalue weighted by molar-refractivity contribution is 0.0612. The molecule has 0 aromatic heterocycles. The van der Waals surface area contributed by atoms with Gasteiger partial charge in [-0.2, -0.15) is 0 Å². The van der Waals surface area contributed by atoms with Crippen LogP contribution in [0.5, 0.6) is 0 Å². The molecule has 3 heteroatoms. The molecule has 0 spiro atoms. The van der Waals surface area contributed by atoms with Gasteiger partial charge in [0.15, 0.2) is 0 Å². The molecule has 0 saturated carbocycles. The van der Waals surface area contributed by atoms with Crippen molar-refractivity contribution in [3.63, 3.8) is 0 Å². The second-order valence-electron chi connectivity index (χ2n) is 3.36. The van der Waals surface area contributed by atoms with E-state index in [2.05, 4.69) is 12.3 Å². The Morgan fingerprint density at radius 1 is 1.55 bits per heavy atom. The first-order valence-electron chi connectivity index (χ1n) is 4.37. The molecule has 0 aromatic rings. The monoisotopic (exact) mass is 158 g/mol. The molecule has 3 nitrogen and oxygen atoms in total. The molecule has 1 atom stereocenters. The van der Waals surface area contributed by atoms with Crippen LogP contribution in [-0.4, -0.2) is 19.3 Å². The molecule has 0 bridgehead atoms. The van der Waals surface area contributed by atoms with Gasteiger partial charge in [0.05, 0.1) is 0 Å². The zero-order valence-electron chi connectivity index (χ0n) is 7.18. The number of hydrazine groups is 1. The van der Waals surface area contributed by atoms with Crippen LogP contribution in [0.15, 0.2) is 0 Å². The fourth-order valence-corrected chi connectivity index (χ4v) is 1.55. The summed E-state index contributed by atoms with van der Waals surface area (Å²) in [7, 11) is 0. The van der Waals surface area contributed by atoms with Crippen LogP contribution in [0.4, 0.5) is 0 Å². The number of hydrogen-bond acceptors (Lipinski definition) is 3. The highest BCUT2D eigenvalue weighted by Gasteiger charge is 2.15. The van der Waals surface area contributed by atoms with Gasteiger partial charge in [-0.1, -0.05) is 0 Å². The summed E-state index contributed by atoms with van der Waals surface area (Å²) in [6.45, 7) is 3.99. The zero-order valence-corrected chi connectivity index (χ0v) is 7.18. The van der Waals surface area contributed by atoms with E-state index in [4.69, 9.17) is 10.6 Å². The molecule has 1 aliphatic heterocycles. The first-order chi connectivity index (χ1) is 5.33. The zero-order chi connectivity index (χ0) is 8.10. The van der Waals surface area contributed by atoms with Crippen LogP contribution in [0.3, 0.4) is 0 Å². The molecule has 11 heavy (non-hydrogen) atoms. The SMILES string of the molecule is CC(CC1CCOCC1)NN. The van der Waals surface area contributed by atoms with Gasteiger partial charge in [0.2, 0.25) is 0 Å². The lowest BCUT2D eigenvalue weighted by Gasteiger charge is -2.24. The van der Waals surface area contributed by atoms with E-state index in [1.165, 1.54) is 19.3 Å². The number of rotatable bonds is 3. The van der Waals surface area contributed by atoms with Gasteiger partial charge in [0, 0.05) is 19.3 Å². The van der Waals surface area contributed by atoms with Gasteiger partial charge in [-0.15, -0.1) is 0 Å². The summed E-state index contributed by atoms with van der Waals surface area (Å²) in [6, 6.07) is 0.443. The lowest BCUT2D eigenvalue weighted by atomic mass is 9.93. The van der Waals surface area contributed by atoms with E-state index in [0.717, 1.165) is 19.1 Å². The Morgan fingerprint density at radius 2 is 2.18 bits per heavy atom. The third-order valence-electron chi connectivity index (χ3n) is 2.31. The molecular formula is C8H18N2O. The normalized spacial score (nSPS) is 23.5. The Labute approximate surface area is 68.3 Å². The second kappa shape index (κ2) is 4.70. The van der Waals surface area contributed by atoms with Crippen molar-refractivity contribution in [3.8, 4) is 0 Å². The Morgan fingerprint density at radius 3 is 2.73 bits per heavy atom. The van der Waals surface area contributed by atoms with Gasteiger partial charge < -0.3 is 4.74 Å². The Kier molecular flexibility index (Phi) is 3.83. The minimum Gasteiger partial charge on any atom is -0.381 e. The molecule has 0 amide bonds. The summed E-state index contributed by atoms with van der Waals surface area (Å²) < 4.78 is 5.26. The molecule has 1 rings (SSSR count). The predicted octanol–water partition coefficient (Wildman–Crippen LogP) is 0.655. The van der Waals surface area contributed by atoms with Crippen molar-refractivity contribution < 1.29 is 4.74 Å². The van der Waals surface area contributed by atoms with Crippen LogP contribution in [0.2, 0.25) is 0 Å². The van der Waals surface area contributed by atoms with Crippen molar-refractivity contribution in [2.75, 3.05) is 13.2 Å². The standard InChI is InChI=1S/C8H18N2O/c1-7(10-9)6-8-2-4-11-5-3-8/h7-8,10H,2-6,9H2,1H3. The van der Waals surface area contributed by atoms with Crippen LogP contribution in [0, 0.1) is 5.92 Å². The predicted molar refractivity (Wildman–Crippen MR) is 44.9 cm³/mol. The van der Waals surface area contributed by atoms with Gasteiger partial charge in [-0.05, 0) is 32.1 Å². The van der Waals surface area contributed by atoms with E-state index in [-0.39, 0.29) is 0 Å². The molecule has 1 unspecified atom stereocenters. The van der Waals surface area contributed by atoms with E-state index < -0.39 is 0 Å². The fraction of sp³-hybridized carbons (Fsp3) is 1.00. The quantitative estimate of drug-likeness (QED) is 0.468. The summed E-state index contributed by atoms with van der Waals surface area (Å²) in [5, 5.41) is 0. The minimum atomic E-state index is 0.443. The summed E-state index contributed by atoms with van der Waals surface area (Å²) in [5.74, 6) is 6.12. The number of hydrogen-bond donors (Lipinski definition) is 2. The van der Waals surface area contributed by atoms with Crippen molar-refractivity contribution in [1.82, 2.24) is 5.43 Å². The topological polar surface area (TPSA) is 47.3 Å². The van der Waals surface area contributed by atoms with Crippen LogP contribution >= 0.6 is 0 Å². The fourth-order valence-electron chi connectivity index (χ4n) is 1.55. The average molecular weight is 158 g/mol. The minimum absolute atomic E-state index is 0.443. The third kappa shape index (κ3) is 3.18. The number of ether oxygens (including phenoxy) is 1. The molecule has 0 aromatic carbocycles. The molecule has 66 valence electrons. The van der Waals surface area contributed by atoms with Crippen molar-refractivity contribution >= 4 is 0 Å². The van der Waals surface area contributed by atoms with E-state index in [1.54, 1.807) is 0 Å². The Balaban J connectivity index is 2.13. The summed E-state index contributed by atoms with van der Waals surface area (Å²) in [5.41, 5.74) is 2.77. The highest BCUT2D eigenvalue weighted by atomic mass is 16.5. The van der Waals surface area contributed by atoms with Crippen LogP contribution < -0.4 is 11.3 Å². The average Bonchev–Trinajstić information content (AvgIpc) is 2.06. The maximum atomic E-state index is 5.31. The van der Waals surface area contributed by atoms with E-state index in [9.17, 15) is 0 Å². The molecule has 0 aliphatic carbocycles. The van der Waals surface area contributed by atoms with Gasteiger partial charge in [-0.3, -0.25) is 11.3 Å². The Hall–Kier alpha value is -0.120. The van der Waals surface area contributed by atoms with Crippen molar-refractivity contribution in [2.45, 2.75) is 32.2 Å². The maximum absolute atomic E-state index is 5.31. The molecule has 1 aliphatic rings. The summed E-state index contributed by atoms with van der Waals surface area (Å²) in [6.07, 6.45) is 3.58. The summed E-state index contributed by atoms with van der Waals surface area (Å²) in [4.78, 5) is 0. The maximum Gasteiger partial charge on any atom is 0.0468 e. The first-order valence-corrected chi connectivity index (χ1v) is 4.37. The van der Waals surface area contributed by atoms with Crippen molar-refractivity contribution in [3.05, 3.63) is 0 Å². The highest BCUT2D eigenvalue weighted by Crippen LogP contribution is 2.19. The van der Waals surface area contributed by atoms with Crippen LogP contribution in [-0.2, 0) is 4.74 Å². The van der Waals surface area contributed by atoms with Crippen molar-refractivity contribution in [1.29, 1.82) is 0 Å². The lowest BCUT2D eigenvalue weighted by Crippen LogP contribution is -2.35. The number of nitrogens with two attached hydrogens (primary N) is 1. The first kappa shape index (κ1) is 8.97. The van der Waals surface area contributed by atoms with Crippen LogP contribution in [0.1, 0.15) is 26.2 Å². The molecule has 1 saturated heterocycles. The van der Waals surface area contributed by atoms with Gasteiger partial charge >= 0.3 is 0 Å². The van der Waals surface area contributed by atoms with Gasteiger partial charge in [0.25, 0.3) is 0 Å². The van der Waals surface area contributed by atoms with E-state index in [0.29, 0.717) is 6.04 Å². The summed E-state index contributed by atoms with van der Waals surface area (Å²) >= 11 is 0.